The van der Waals surface area contributed by atoms with Crippen molar-refractivity contribution in [3.05, 3.63) is 24.0 Å². The third-order valence-electron chi connectivity index (χ3n) is 4.96. The second-order valence-corrected chi connectivity index (χ2v) is 6.44. The van der Waals surface area contributed by atoms with E-state index in [-0.39, 0.29) is 24.4 Å². The zero-order valence-corrected chi connectivity index (χ0v) is 14.4. The van der Waals surface area contributed by atoms with Crippen molar-refractivity contribution >= 4 is 29.7 Å². The summed E-state index contributed by atoms with van der Waals surface area (Å²) >= 11 is 0. The van der Waals surface area contributed by atoms with E-state index in [0.29, 0.717) is 11.7 Å². The van der Waals surface area contributed by atoms with Crippen molar-refractivity contribution < 1.29 is 9.32 Å². The van der Waals surface area contributed by atoms with E-state index in [2.05, 4.69) is 15.5 Å². The number of carbonyl (C=O) groups is 1. The van der Waals surface area contributed by atoms with Gasteiger partial charge in [-0.2, -0.15) is 4.98 Å². The molecule has 8 heteroatoms. The van der Waals surface area contributed by atoms with Crippen LogP contribution in [0.15, 0.2) is 22.7 Å². The van der Waals surface area contributed by atoms with Gasteiger partial charge in [0.25, 0.3) is 5.89 Å². The van der Waals surface area contributed by atoms with Crippen LogP contribution < -0.4 is 16.0 Å². The molecule has 1 aromatic heterocycles. The molecule has 24 heavy (non-hydrogen) atoms. The van der Waals surface area contributed by atoms with Crippen LogP contribution >= 0.6 is 12.4 Å². The zero-order chi connectivity index (χ0) is 16.2. The molecule has 2 aromatic rings. The van der Waals surface area contributed by atoms with Gasteiger partial charge in [-0.25, -0.2) is 0 Å². The topological polar surface area (TPSA) is 97.3 Å². The van der Waals surface area contributed by atoms with Crippen LogP contribution in [-0.4, -0.2) is 29.1 Å². The molecule has 0 radical (unpaired) electrons. The van der Waals surface area contributed by atoms with Crippen LogP contribution in [0.3, 0.4) is 0 Å². The lowest BCUT2D eigenvalue weighted by Crippen LogP contribution is -2.44. The number of rotatable bonds is 2. The van der Waals surface area contributed by atoms with Crippen molar-refractivity contribution in [1.29, 1.82) is 0 Å². The number of nitrogens with one attached hydrogen (secondary N) is 1. The van der Waals surface area contributed by atoms with Crippen LogP contribution in [-0.2, 0) is 10.3 Å². The molecule has 1 atom stereocenters. The number of nitrogens with zero attached hydrogens (tertiary/aromatic N) is 3. The van der Waals surface area contributed by atoms with Crippen molar-refractivity contribution in [2.24, 2.45) is 5.73 Å². The summed E-state index contributed by atoms with van der Waals surface area (Å²) in [6.07, 6.45) is 2.86. The Kier molecular flexibility index (Phi) is 4.01. The summed E-state index contributed by atoms with van der Waals surface area (Å²) in [4.78, 5) is 18.4. The molecule has 4 rings (SSSR count). The van der Waals surface area contributed by atoms with Gasteiger partial charge >= 0.3 is 0 Å². The molecule has 2 aliphatic rings. The average Bonchev–Trinajstić information content (AvgIpc) is 3.00. The molecule has 1 saturated carbocycles. The van der Waals surface area contributed by atoms with Gasteiger partial charge in [0.05, 0.1) is 16.9 Å². The van der Waals surface area contributed by atoms with E-state index < -0.39 is 5.54 Å². The summed E-state index contributed by atoms with van der Waals surface area (Å²) in [6, 6.07) is 5.53. The molecule has 0 saturated heterocycles. The third-order valence-corrected chi connectivity index (χ3v) is 4.96. The molecule has 7 nitrogen and oxygen atoms in total. The fraction of sp³-hybridized carbons (Fsp3) is 0.438. The lowest BCUT2D eigenvalue weighted by atomic mass is 9.77. The monoisotopic (exact) mass is 349 g/mol. The fourth-order valence-electron chi connectivity index (χ4n) is 3.02. The smallest absolute Gasteiger partial charge is 0.258 e. The number of anilines is 2. The second kappa shape index (κ2) is 5.75. The van der Waals surface area contributed by atoms with Gasteiger partial charge in [-0.05, 0) is 44.4 Å². The Morgan fingerprint density at radius 3 is 2.83 bits per heavy atom. The highest BCUT2D eigenvalue weighted by Gasteiger charge is 2.39. The Labute approximate surface area is 146 Å². The molecule has 1 aliphatic heterocycles. The van der Waals surface area contributed by atoms with Crippen molar-refractivity contribution in [3.63, 3.8) is 0 Å². The van der Waals surface area contributed by atoms with Gasteiger partial charge in [-0.15, -0.1) is 12.4 Å². The molecule has 2 heterocycles. The first-order valence-corrected chi connectivity index (χ1v) is 7.79. The molecule has 1 aromatic carbocycles. The van der Waals surface area contributed by atoms with E-state index in [1.54, 1.807) is 0 Å². The van der Waals surface area contributed by atoms with Gasteiger partial charge in [0, 0.05) is 12.6 Å². The van der Waals surface area contributed by atoms with Crippen molar-refractivity contribution in [2.45, 2.75) is 37.8 Å². The number of amides is 1. The molecular formula is C16H20ClN5O2. The number of likely N-dealkylation sites (N-methyl/N-ethyl adjacent to an activating group) is 1. The summed E-state index contributed by atoms with van der Waals surface area (Å²) in [6.45, 7) is 1.87. The molecular weight excluding hydrogens is 330 g/mol. The van der Waals surface area contributed by atoms with Crippen LogP contribution in [0.25, 0.3) is 11.5 Å². The van der Waals surface area contributed by atoms with Crippen molar-refractivity contribution in [2.75, 3.05) is 17.3 Å². The number of benzene rings is 1. The Balaban J connectivity index is 0.00000169. The highest BCUT2D eigenvalue weighted by molar-refractivity contribution is 6.03. The van der Waals surface area contributed by atoms with E-state index in [1.807, 2.05) is 37.1 Å². The van der Waals surface area contributed by atoms with E-state index in [0.717, 1.165) is 36.2 Å². The van der Waals surface area contributed by atoms with Crippen LogP contribution in [0.1, 0.15) is 32.0 Å². The number of halogens is 1. The highest BCUT2D eigenvalue weighted by Crippen LogP contribution is 2.39. The van der Waals surface area contributed by atoms with Crippen molar-refractivity contribution in [3.8, 4) is 11.5 Å². The van der Waals surface area contributed by atoms with Crippen LogP contribution in [0.2, 0.25) is 0 Å². The predicted octanol–water partition coefficient (Wildman–Crippen LogP) is 2.27. The zero-order valence-electron chi connectivity index (χ0n) is 13.6. The maximum Gasteiger partial charge on any atom is 0.258 e. The van der Waals surface area contributed by atoms with E-state index >= 15 is 0 Å². The largest absolute Gasteiger partial charge is 0.361 e. The maximum absolute atomic E-state index is 12.0. The fourth-order valence-corrected chi connectivity index (χ4v) is 3.02. The molecule has 1 unspecified atom stereocenters. The van der Waals surface area contributed by atoms with Gasteiger partial charge < -0.3 is 20.5 Å². The van der Waals surface area contributed by atoms with Crippen LogP contribution in [0, 0.1) is 0 Å². The van der Waals surface area contributed by atoms with Gasteiger partial charge in [-0.3, -0.25) is 4.79 Å². The molecule has 0 spiro atoms. The van der Waals surface area contributed by atoms with Crippen molar-refractivity contribution in [1.82, 2.24) is 10.1 Å². The number of aromatic nitrogens is 2. The SMILES string of the molecule is CC1C(=O)Nc2cc(-c3nc(C4(N)CCC4)no3)ccc2N1C.Cl. The quantitative estimate of drug-likeness (QED) is 0.863. The Morgan fingerprint density at radius 1 is 1.42 bits per heavy atom. The first-order valence-electron chi connectivity index (χ1n) is 7.79. The van der Waals surface area contributed by atoms with Crippen LogP contribution in [0.4, 0.5) is 11.4 Å². The third kappa shape index (κ3) is 2.44. The Hall–Kier alpha value is -2.12. The lowest BCUT2D eigenvalue weighted by molar-refractivity contribution is -0.117. The minimum absolute atomic E-state index is 0. The Morgan fingerprint density at radius 2 is 2.17 bits per heavy atom. The minimum atomic E-state index is -0.445. The van der Waals surface area contributed by atoms with Gasteiger partial charge in [-0.1, -0.05) is 5.16 Å². The van der Waals surface area contributed by atoms with Crippen LogP contribution in [0.5, 0.6) is 0 Å². The molecule has 1 amide bonds. The lowest BCUT2D eigenvalue weighted by Gasteiger charge is -2.34. The molecule has 128 valence electrons. The number of hydrogen-bond acceptors (Lipinski definition) is 6. The number of fused-ring (bicyclic) bond motifs is 1. The number of carbonyl (C=O) groups excluding carboxylic acids is 1. The maximum atomic E-state index is 12.0. The summed E-state index contributed by atoms with van der Waals surface area (Å²) in [5, 5.41) is 6.95. The summed E-state index contributed by atoms with van der Waals surface area (Å²) in [5.74, 6) is 0.958. The Bertz CT molecular complexity index is 787. The summed E-state index contributed by atoms with van der Waals surface area (Å²) in [5.41, 5.74) is 8.27. The molecule has 0 bridgehead atoms. The van der Waals surface area contributed by atoms with Gasteiger partial charge in [0.1, 0.15) is 6.04 Å². The molecule has 1 fully saturated rings. The van der Waals surface area contributed by atoms with E-state index in [4.69, 9.17) is 10.3 Å². The molecule has 1 aliphatic carbocycles. The predicted molar refractivity (Wildman–Crippen MR) is 93.2 cm³/mol. The first-order chi connectivity index (χ1) is 11.0. The normalized spacial score (nSPS) is 21.4. The summed E-state index contributed by atoms with van der Waals surface area (Å²) in [7, 11) is 1.90. The number of nitrogens with two attached hydrogens (primary N) is 1. The van der Waals surface area contributed by atoms with Gasteiger partial charge in [0.15, 0.2) is 5.82 Å². The first kappa shape index (κ1) is 16.7. The molecule has 3 N–H and O–H groups in total. The van der Waals surface area contributed by atoms with E-state index in [9.17, 15) is 4.79 Å². The minimum Gasteiger partial charge on any atom is -0.361 e. The number of hydrogen-bond donors (Lipinski definition) is 2. The second-order valence-electron chi connectivity index (χ2n) is 6.44. The highest BCUT2D eigenvalue weighted by atomic mass is 35.5. The van der Waals surface area contributed by atoms with E-state index in [1.165, 1.54) is 0 Å². The average molecular weight is 350 g/mol. The van der Waals surface area contributed by atoms with Gasteiger partial charge in [0.2, 0.25) is 5.91 Å². The summed E-state index contributed by atoms with van der Waals surface area (Å²) < 4.78 is 5.37. The standard InChI is InChI=1S/C16H19N5O2.ClH/c1-9-13(22)18-11-8-10(4-5-12(11)21(9)2)14-19-15(20-23-14)16(17)6-3-7-16;/h4-5,8-9H,3,6-7,17H2,1-2H3,(H,18,22);1H.